The second-order valence-corrected chi connectivity index (χ2v) is 11.2. The molecule has 37 heavy (non-hydrogen) atoms. The second kappa shape index (κ2) is 9.73. The minimum absolute atomic E-state index is 0.230. The van der Waals surface area contributed by atoms with Crippen LogP contribution in [0.1, 0.15) is 56.2 Å². The van der Waals surface area contributed by atoms with Crippen LogP contribution < -0.4 is 14.8 Å². The molecule has 0 radical (unpaired) electrons. The van der Waals surface area contributed by atoms with E-state index in [1.165, 1.54) is 38.5 Å². The minimum atomic E-state index is 0.230. The van der Waals surface area contributed by atoms with E-state index in [1.54, 1.807) is 20.4 Å². The third kappa shape index (κ3) is 4.73. The summed E-state index contributed by atoms with van der Waals surface area (Å²) in [5.41, 5.74) is 5.56. The summed E-state index contributed by atoms with van der Waals surface area (Å²) in [6.07, 6.45) is 11.2. The minimum Gasteiger partial charge on any atom is -0.497 e. The lowest BCUT2D eigenvalue weighted by molar-refractivity contribution is 0.0162. The number of benzene rings is 1. The zero-order chi connectivity index (χ0) is 25.5. The maximum absolute atomic E-state index is 6.62. The summed E-state index contributed by atoms with van der Waals surface area (Å²) in [4.78, 5) is 14.0. The fraction of sp³-hybridized carbons (Fsp3) is 0.433. The van der Waals surface area contributed by atoms with Crippen LogP contribution in [-0.4, -0.2) is 34.7 Å². The van der Waals surface area contributed by atoms with E-state index in [0.29, 0.717) is 16.3 Å². The lowest BCUT2D eigenvalue weighted by Gasteiger charge is -2.54. The number of hydrogen-bond donors (Lipinski definition) is 1. The Hall–Kier alpha value is -2.96. The molecule has 1 N–H and O–H groups in total. The highest BCUT2D eigenvalue weighted by Gasteiger charge is 2.47. The zero-order valence-electron chi connectivity index (χ0n) is 21.5. The van der Waals surface area contributed by atoms with Crippen LogP contribution in [0.15, 0.2) is 48.7 Å². The van der Waals surface area contributed by atoms with Crippen LogP contribution in [0.25, 0.3) is 21.9 Å². The number of nitrogens with one attached hydrogen (secondary N) is 1. The molecule has 3 aliphatic rings. The number of aryl methyl sites for hydroxylation is 1. The number of ether oxygens (including phenoxy) is 2. The number of nitrogens with zero attached hydrogens (tertiary/aromatic N) is 3. The highest BCUT2D eigenvalue weighted by atomic mass is 35.5. The molecule has 0 atom stereocenters. The molecule has 0 aliphatic heterocycles. The fourth-order valence-electron chi connectivity index (χ4n) is 6.37. The maximum Gasteiger partial charge on any atom is 0.213 e. The van der Waals surface area contributed by atoms with Gasteiger partial charge in [-0.25, -0.2) is 4.98 Å². The van der Waals surface area contributed by atoms with Crippen molar-refractivity contribution in [1.82, 2.24) is 20.3 Å². The fourth-order valence-corrected chi connectivity index (χ4v) is 6.60. The van der Waals surface area contributed by atoms with Crippen LogP contribution in [0.3, 0.4) is 0 Å². The quantitative estimate of drug-likeness (QED) is 0.282. The first-order valence-electron chi connectivity index (χ1n) is 13.2. The van der Waals surface area contributed by atoms with Crippen molar-refractivity contribution in [2.24, 2.45) is 5.41 Å². The molecule has 0 amide bonds. The molecule has 192 valence electrons. The molecule has 0 saturated heterocycles. The number of rotatable bonds is 8. The third-order valence-corrected chi connectivity index (χ3v) is 9.18. The molecule has 3 heterocycles. The first-order valence-corrected chi connectivity index (χ1v) is 13.6. The normalized spacial score (nSPS) is 23.0. The van der Waals surface area contributed by atoms with Crippen LogP contribution >= 0.6 is 11.6 Å². The number of methoxy groups -OCH3 is 2. The Morgan fingerprint density at radius 2 is 1.68 bits per heavy atom. The van der Waals surface area contributed by atoms with Gasteiger partial charge in [0.05, 0.1) is 41.5 Å². The van der Waals surface area contributed by atoms with Crippen LogP contribution in [-0.2, 0) is 13.0 Å². The molecule has 1 aromatic carbocycles. The van der Waals surface area contributed by atoms with E-state index in [4.69, 9.17) is 26.1 Å². The van der Waals surface area contributed by atoms with Gasteiger partial charge in [0.25, 0.3) is 0 Å². The van der Waals surface area contributed by atoms with Gasteiger partial charge in [0, 0.05) is 35.3 Å². The number of fused-ring (bicyclic) bond motifs is 5. The predicted molar refractivity (Wildman–Crippen MR) is 147 cm³/mol. The predicted octanol–water partition coefficient (Wildman–Crippen LogP) is 6.66. The van der Waals surface area contributed by atoms with E-state index in [2.05, 4.69) is 27.4 Å². The number of pyridine rings is 3. The molecule has 0 spiro atoms. The molecule has 3 aliphatic carbocycles. The van der Waals surface area contributed by atoms with Crippen molar-refractivity contribution in [3.63, 3.8) is 0 Å². The summed E-state index contributed by atoms with van der Waals surface area (Å²) >= 11 is 6.62. The van der Waals surface area contributed by atoms with Crippen LogP contribution in [0.5, 0.6) is 11.6 Å². The Labute approximate surface area is 222 Å². The topological polar surface area (TPSA) is 69.2 Å². The Morgan fingerprint density at radius 1 is 0.892 bits per heavy atom. The van der Waals surface area contributed by atoms with Crippen LogP contribution in [0.2, 0.25) is 5.02 Å². The lowest BCUT2D eigenvalue weighted by Crippen LogP contribution is -2.54. The molecule has 4 aromatic rings. The molecule has 0 unspecified atom stereocenters. The molecular weight excluding hydrogens is 484 g/mol. The Balaban J connectivity index is 1.10. The van der Waals surface area contributed by atoms with Crippen molar-refractivity contribution in [3.05, 3.63) is 64.9 Å². The highest BCUT2D eigenvalue weighted by molar-refractivity contribution is 6.32. The second-order valence-electron chi connectivity index (χ2n) is 10.8. The molecular formula is C30H33ClN4O2. The van der Waals surface area contributed by atoms with E-state index in [9.17, 15) is 0 Å². The summed E-state index contributed by atoms with van der Waals surface area (Å²) in [5, 5.41) is 5.73. The Morgan fingerprint density at radius 3 is 2.43 bits per heavy atom. The maximum atomic E-state index is 6.62. The van der Waals surface area contributed by atoms with Crippen molar-refractivity contribution in [2.45, 2.75) is 63.5 Å². The summed E-state index contributed by atoms with van der Waals surface area (Å²) in [6.45, 7) is 0.807. The summed E-state index contributed by atoms with van der Waals surface area (Å²) in [7, 11) is 3.34. The standard InChI is InChI=1S/C30H33ClN4O2/c1-36-22-5-6-25-20(17-22)3-4-21(34-25)18-33-30-14-11-29(12-15-30,13-16-30)10-9-23-24(31)19-32-26-7-8-27(37-2)35-28(23)26/h3-8,17,19,33H,9-16,18H2,1-2H3. The Kier molecular flexibility index (Phi) is 6.41. The summed E-state index contributed by atoms with van der Waals surface area (Å²) in [6, 6.07) is 14.1. The van der Waals surface area contributed by atoms with Gasteiger partial charge in [0.2, 0.25) is 5.88 Å². The van der Waals surface area contributed by atoms with Crippen LogP contribution in [0, 0.1) is 5.41 Å². The average molecular weight is 517 g/mol. The third-order valence-electron chi connectivity index (χ3n) is 8.85. The van der Waals surface area contributed by atoms with Gasteiger partial charge < -0.3 is 14.8 Å². The van der Waals surface area contributed by atoms with E-state index < -0.39 is 0 Å². The summed E-state index contributed by atoms with van der Waals surface area (Å²) < 4.78 is 10.7. The van der Waals surface area contributed by atoms with Gasteiger partial charge in [0.1, 0.15) is 5.75 Å². The molecule has 3 saturated carbocycles. The molecule has 3 aromatic heterocycles. The molecule has 6 nitrogen and oxygen atoms in total. The first kappa shape index (κ1) is 24.4. The SMILES string of the molecule is COc1ccc2nc(CNC34CCC(CCc5c(Cl)cnc6ccc(OC)nc56)(CC3)CC4)ccc2c1. The Bertz CT molecular complexity index is 1430. The number of aromatic nitrogens is 3. The van der Waals surface area contributed by atoms with E-state index >= 15 is 0 Å². The van der Waals surface area contributed by atoms with Gasteiger partial charge >= 0.3 is 0 Å². The number of halogens is 1. The van der Waals surface area contributed by atoms with Crippen molar-refractivity contribution < 1.29 is 9.47 Å². The van der Waals surface area contributed by atoms with Crippen molar-refractivity contribution in [2.75, 3.05) is 14.2 Å². The van der Waals surface area contributed by atoms with Crippen molar-refractivity contribution in [1.29, 1.82) is 0 Å². The summed E-state index contributed by atoms with van der Waals surface area (Å²) in [5.74, 6) is 1.46. The van der Waals surface area contributed by atoms with E-state index in [1.807, 2.05) is 30.3 Å². The smallest absolute Gasteiger partial charge is 0.213 e. The highest BCUT2D eigenvalue weighted by Crippen LogP contribution is 2.54. The lowest BCUT2D eigenvalue weighted by atomic mass is 9.55. The number of hydrogen-bond acceptors (Lipinski definition) is 6. The largest absolute Gasteiger partial charge is 0.497 e. The van der Waals surface area contributed by atoms with E-state index in [0.717, 1.165) is 58.3 Å². The zero-order valence-corrected chi connectivity index (χ0v) is 22.3. The average Bonchev–Trinajstić information content (AvgIpc) is 2.96. The molecule has 2 bridgehead atoms. The molecule has 7 rings (SSSR count). The van der Waals surface area contributed by atoms with Gasteiger partial charge in [-0.15, -0.1) is 0 Å². The van der Waals surface area contributed by atoms with Crippen molar-refractivity contribution in [3.8, 4) is 11.6 Å². The molecule has 3 fully saturated rings. The van der Waals surface area contributed by atoms with Crippen LogP contribution in [0.4, 0.5) is 0 Å². The van der Waals surface area contributed by atoms with Gasteiger partial charge in [-0.2, -0.15) is 0 Å². The monoisotopic (exact) mass is 516 g/mol. The first-order chi connectivity index (χ1) is 18.0. The molecule has 7 heteroatoms. The van der Waals surface area contributed by atoms with Gasteiger partial charge in [-0.1, -0.05) is 17.7 Å². The van der Waals surface area contributed by atoms with Crippen molar-refractivity contribution >= 4 is 33.5 Å². The van der Waals surface area contributed by atoms with E-state index in [-0.39, 0.29) is 5.54 Å². The van der Waals surface area contributed by atoms with Gasteiger partial charge in [-0.3, -0.25) is 9.97 Å². The van der Waals surface area contributed by atoms with Gasteiger partial charge in [-0.05, 0) is 87.1 Å². The van der Waals surface area contributed by atoms with Gasteiger partial charge in [0.15, 0.2) is 0 Å².